The Morgan fingerprint density at radius 2 is 0.600 bits per heavy atom. The summed E-state index contributed by atoms with van der Waals surface area (Å²) in [6, 6.07) is 0. The van der Waals surface area contributed by atoms with Crippen LogP contribution in [-0.2, 0) is 103 Å². The summed E-state index contributed by atoms with van der Waals surface area (Å²) in [5.41, 5.74) is -7.20. The van der Waals surface area contributed by atoms with Crippen LogP contribution in [-0.4, -0.2) is 23.0 Å². The molecule has 0 aromatic carbocycles. The van der Waals surface area contributed by atoms with Gasteiger partial charge < -0.3 is 55.5 Å². The van der Waals surface area contributed by atoms with Crippen LogP contribution in [0.3, 0.4) is 0 Å². The van der Waals surface area contributed by atoms with Gasteiger partial charge in [-0.2, -0.15) is 0 Å². The molecule has 0 saturated heterocycles. The summed E-state index contributed by atoms with van der Waals surface area (Å²) in [4.78, 5) is 47.7. The second-order valence-corrected chi connectivity index (χ2v) is 28.1. The van der Waals surface area contributed by atoms with Crippen LogP contribution in [0.5, 0.6) is 0 Å². The van der Waals surface area contributed by atoms with Crippen LogP contribution in [0.2, 0.25) is 0 Å². The van der Waals surface area contributed by atoms with Crippen LogP contribution in [0.4, 0.5) is 0 Å². The van der Waals surface area contributed by atoms with E-state index in [2.05, 4.69) is 55.4 Å². The number of rotatable bonds is 24. The molecule has 260 valence electrons. The molecule has 4 unspecified atom stereocenters. The van der Waals surface area contributed by atoms with Crippen LogP contribution in [0.15, 0.2) is 0 Å². The van der Waals surface area contributed by atoms with E-state index >= 15 is 0 Å². The zero-order valence-corrected chi connectivity index (χ0v) is 44.7. The standard InChI is InChI=1S/2C16H34O2PS2.3Zn/c2*1-5-7-9-11-15(3)13-21(19(17,18)20)14-16(4)12-10-8-6-2;;;/h2*15-16H,5-14H2,1-4H3;;;/q2*-3;3*+2. The first-order valence-corrected chi connectivity index (χ1v) is 26.6. The van der Waals surface area contributed by atoms with Gasteiger partial charge in [0.05, 0.1) is 0 Å². The van der Waals surface area contributed by atoms with E-state index in [0.717, 1.165) is 48.7 Å². The van der Waals surface area contributed by atoms with E-state index < -0.39 is 31.5 Å². The minimum atomic E-state index is -3.60. The topological polar surface area (TPSA) is 92.2 Å². The third-order valence-electron chi connectivity index (χ3n) is 7.74. The molecule has 0 aliphatic carbocycles. The van der Waals surface area contributed by atoms with Gasteiger partial charge in [-0.1, -0.05) is 132 Å². The Balaban J connectivity index is -0.000000222. The van der Waals surface area contributed by atoms with Crippen molar-refractivity contribution in [2.45, 2.75) is 158 Å². The SMILES string of the molecule is CCCCCC(C)CS(CC(C)CCCCC)=P([O-])([O-])[S-].CCCCCC(C)CS(CC(C)CCCCC)=P([O-])([O-])[S-].[Zn+2].[Zn+2].[Zn+2]. The van der Waals surface area contributed by atoms with E-state index in [1.165, 1.54) is 77.0 Å². The molecule has 0 heterocycles. The van der Waals surface area contributed by atoms with E-state index in [1.807, 2.05) is 0 Å². The summed E-state index contributed by atoms with van der Waals surface area (Å²) in [7, 11) is -1.20. The maximum Gasteiger partial charge on any atom is 2.00 e. The predicted molar refractivity (Wildman–Crippen MR) is 196 cm³/mol. The van der Waals surface area contributed by atoms with Crippen molar-refractivity contribution in [1.82, 2.24) is 0 Å². The fraction of sp³-hybridized carbons (Fsp3) is 1.00. The Hall–Kier alpha value is 3.97. The van der Waals surface area contributed by atoms with E-state index in [0.29, 0.717) is 23.7 Å². The first kappa shape index (κ1) is 58.3. The minimum Gasteiger partial charge on any atom is -0.854 e. The van der Waals surface area contributed by atoms with Crippen molar-refractivity contribution in [2.75, 3.05) is 23.0 Å². The molecule has 0 spiro atoms. The van der Waals surface area contributed by atoms with Crippen molar-refractivity contribution < 1.29 is 78.0 Å². The second-order valence-electron chi connectivity index (χ2n) is 12.9. The zero-order chi connectivity index (χ0) is 32.6. The molecule has 0 N–H and O–H groups in total. The molecule has 45 heavy (non-hydrogen) atoms. The molecule has 0 fully saturated rings. The Kier molecular flexibility index (Phi) is 47.1. The van der Waals surface area contributed by atoms with Crippen LogP contribution in [0, 0.1) is 23.7 Å². The summed E-state index contributed by atoms with van der Waals surface area (Å²) in [6.07, 6.45) is 19.2. The van der Waals surface area contributed by atoms with Gasteiger partial charge in [-0.05, 0) is 72.4 Å². The minimum absolute atomic E-state index is 0. The van der Waals surface area contributed by atoms with Gasteiger partial charge in [-0.15, -0.1) is 0 Å². The van der Waals surface area contributed by atoms with Crippen LogP contribution < -0.4 is 19.6 Å². The van der Waals surface area contributed by atoms with Gasteiger partial charge in [-0.3, -0.25) is 0 Å². The first-order chi connectivity index (χ1) is 19.6. The molecule has 0 radical (unpaired) electrons. The van der Waals surface area contributed by atoms with Crippen molar-refractivity contribution in [3.05, 3.63) is 0 Å². The summed E-state index contributed by atoms with van der Waals surface area (Å²) >= 11 is 9.65. The number of hydrogen-bond acceptors (Lipinski definition) is 6. The largest absolute Gasteiger partial charge is 2.00 e. The van der Waals surface area contributed by atoms with Gasteiger partial charge in [0.2, 0.25) is 0 Å². The molecular formula is C32H68O4P2S4Zn3. The Morgan fingerprint density at radius 1 is 0.422 bits per heavy atom. The molecule has 13 heteroatoms. The summed E-state index contributed by atoms with van der Waals surface area (Å²) < 4.78 is 0. The van der Waals surface area contributed by atoms with Crippen molar-refractivity contribution in [3.63, 3.8) is 0 Å². The fourth-order valence-electron chi connectivity index (χ4n) is 5.12. The van der Waals surface area contributed by atoms with E-state index in [1.54, 1.807) is 0 Å². The van der Waals surface area contributed by atoms with Crippen LogP contribution in [0.1, 0.15) is 158 Å². The third kappa shape index (κ3) is 37.5. The molecular weight excluding hydrogens is 835 g/mol. The zero-order valence-electron chi connectivity index (χ0n) is 30.7. The molecule has 4 nitrogen and oxygen atoms in total. The average Bonchev–Trinajstić information content (AvgIpc) is 2.88. The van der Waals surface area contributed by atoms with Crippen LogP contribution >= 0.6 is 11.4 Å². The smallest absolute Gasteiger partial charge is 0.854 e. The molecule has 0 aliphatic rings. The quantitative estimate of drug-likeness (QED) is 0.0423. The van der Waals surface area contributed by atoms with Gasteiger partial charge in [0.15, 0.2) is 0 Å². The number of unbranched alkanes of at least 4 members (excludes halogenated alkanes) is 8. The molecule has 0 aromatic heterocycles. The van der Waals surface area contributed by atoms with Crippen molar-refractivity contribution in [3.8, 4) is 0 Å². The maximum atomic E-state index is 11.9. The van der Waals surface area contributed by atoms with Crippen molar-refractivity contribution >= 4 is 56.0 Å². The molecule has 0 bridgehead atoms. The Morgan fingerprint density at radius 3 is 0.733 bits per heavy atom. The van der Waals surface area contributed by atoms with Gasteiger partial charge >= 0.3 is 58.4 Å². The maximum absolute atomic E-state index is 11.9. The molecule has 0 amide bonds. The molecule has 0 aromatic rings. The Bertz CT molecular complexity index is 652. The monoisotopic (exact) mass is 898 g/mol. The third-order valence-corrected chi connectivity index (χ3v) is 22.2. The van der Waals surface area contributed by atoms with Crippen molar-refractivity contribution in [1.29, 1.82) is 0 Å². The van der Waals surface area contributed by atoms with Gasteiger partial charge in [0.25, 0.3) is 0 Å². The van der Waals surface area contributed by atoms with E-state index in [9.17, 15) is 19.6 Å². The average molecular weight is 903 g/mol. The molecule has 0 rings (SSSR count). The number of hydrogen-bond donors (Lipinski definition) is 0. The molecule has 4 atom stereocenters. The predicted octanol–water partition coefficient (Wildman–Crippen LogP) is 7.96. The molecule has 0 saturated carbocycles. The van der Waals surface area contributed by atoms with E-state index in [-0.39, 0.29) is 58.4 Å². The summed E-state index contributed by atoms with van der Waals surface area (Å²) in [5.74, 6) is 5.05. The second kappa shape index (κ2) is 36.3. The van der Waals surface area contributed by atoms with Gasteiger partial charge in [0, 0.05) is 0 Å². The Labute approximate surface area is 335 Å². The summed E-state index contributed by atoms with van der Waals surface area (Å²) in [5, 5.41) is 0. The normalized spacial score (nSPS) is 15.6. The summed E-state index contributed by atoms with van der Waals surface area (Å²) in [6.45, 7) is 17.5. The van der Waals surface area contributed by atoms with Crippen LogP contribution in [0.25, 0.3) is 0 Å². The van der Waals surface area contributed by atoms with E-state index in [4.69, 9.17) is 24.5 Å². The molecule has 0 aliphatic heterocycles. The van der Waals surface area contributed by atoms with Gasteiger partial charge in [0.1, 0.15) is 0 Å². The first-order valence-electron chi connectivity index (χ1n) is 17.0. The fourth-order valence-corrected chi connectivity index (χ4v) is 16.9. The van der Waals surface area contributed by atoms with Gasteiger partial charge in [-0.25, -0.2) is 20.1 Å². The van der Waals surface area contributed by atoms with Crippen molar-refractivity contribution in [2.24, 2.45) is 23.7 Å².